The fourth-order valence-electron chi connectivity index (χ4n) is 4.14. The number of rotatable bonds is 6. The van der Waals surface area contributed by atoms with E-state index in [0.717, 1.165) is 48.9 Å². The monoisotopic (exact) mass is 383 g/mol. The van der Waals surface area contributed by atoms with Crippen molar-refractivity contribution in [3.05, 3.63) is 46.8 Å². The van der Waals surface area contributed by atoms with E-state index >= 15 is 0 Å². The summed E-state index contributed by atoms with van der Waals surface area (Å²) in [5.41, 5.74) is 3.81. The molecule has 0 unspecified atom stereocenters. The Bertz CT molecular complexity index is 879. The first kappa shape index (κ1) is 20.1. The minimum atomic E-state index is -0.239. The van der Waals surface area contributed by atoms with Crippen molar-refractivity contribution < 1.29 is 14.3 Å². The third-order valence-corrected chi connectivity index (χ3v) is 5.70. The molecule has 28 heavy (non-hydrogen) atoms. The fraction of sp³-hybridized carbons (Fsp3) is 0.455. The van der Waals surface area contributed by atoms with Crippen LogP contribution < -0.4 is 9.64 Å². The van der Waals surface area contributed by atoms with Gasteiger partial charge in [0.1, 0.15) is 5.75 Å². The van der Waals surface area contributed by atoms with Crippen LogP contribution in [0.4, 0.5) is 5.69 Å². The van der Waals surface area contributed by atoms with Crippen LogP contribution in [-0.2, 0) is 0 Å². The predicted octanol–water partition coefficient (Wildman–Crippen LogP) is 3.24. The number of piperazine rings is 1. The van der Waals surface area contributed by atoms with Gasteiger partial charge in [0.15, 0.2) is 11.6 Å². The molecule has 1 atom stereocenters. The molecule has 1 saturated heterocycles. The summed E-state index contributed by atoms with van der Waals surface area (Å²) >= 11 is 0. The number of aromatic amines is 1. The number of nitrogens with zero attached hydrogens (tertiary/aromatic N) is 2. The van der Waals surface area contributed by atoms with E-state index in [1.807, 2.05) is 39.0 Å². The van der Waals surface area contributed by atoms with Crippen molar-refractivity contribution in [1.29, 1.82) is 0 Å². The lowest BCUT2D eigenvalue weighted by Crippen LogP contribution is -2.52. The number of anilines is 1. The smallest absolute Gasteiger partial charge is 0.196 e. The van der Waals surface area contributed by atoms with Gasteiger partial charge in [-0.15, -0.1) is 0 Å². The highest BCUT2D eigenvalue weighted by atomic mass is 16.5. The third kappa shape index (κ3) is 3.69. The molecule has 0 amide bonds. The molecule has 1 aliphatic heterocycles. The Kier molecular flexibility index (Phi) is 5.89. The predicted molar refractivity (Wildman–Crippen MR) is 111 cm³/mol. The molecule has 1 aliphatic rings. The number of hydrogen-bond donors (Lipinski definition) is 1. The molecular formula is C22H29N3O3. The number of ketones is 2. The number of hydrogen-bond acceptors (Lipinski definition) is 5. The Hall–Kier alpha value is -2.60. The number of carbonyl (C=O) groups excluding carboxylic acids is 2. The van der Waals surface area contributed by atoms with Crippen molar-refractivity contribution in [3.63, 3.8) is 0 Å². The van der Waals surface area contributed by atoms with Gasteiger partial charge in [0.25, 0.3) is 0 Å². The number of nitrogens with one attached hydrogen (secondary N) is 1. The van der Waals surface area contributed by atoms with Gasteiger partial charge in [-0.1, -0.05) is 12.1 Å². The molecule has 6 nitrogen and oxygen atoms in total. The van der Waals surface area contributed by atoms with Crippen molar-refractivity contribution in [3.8, 4) is 5.75 Å². The van der Waals surface area contributed by atoms with Crippen LogP contribution in [0.1, 0.15) is 46.0 Å². The Morgan fingerprint density at radius 2 is 1.75 bits per heavy atom. The molecular weight excluding hydrogens is 354 g/mol. The van der Waals surface area contributed by atoms with Gasteiger partial charge in [-0.25, -0.2) is 0 Å². The van der Waals surface area contributed by atoms with Gasteiger partial charge in [-0.2, -0.15) is 0 Å². The highest BCUT2D eigenvalue weighted by Crippen LogP contribution is 2.29. The number of methoxy groups -OCH3 is 1. The molecule has 0 bridgehead atoms. The van der Waals surface area contributed by atoms with E-state index < -0.39 is 0 Å². The second-order valence-corrected chi connectivity index (χ2v) is 7.42. The van der Waals surface area contributed by atoms with Crippen LogP contribution >= 0.6 is 0 Å². The van der Waals surface area contributed by atoms with Gasteiger partial charge in [0.2, 0.25) is 0 Å². The van der Waals surface area contributed by atoms with E-state index in [1.165, 1.54) is 6.92 Å². The van der Waals surface area contributed by atoms with Gasteiger partial charge < -0.3 is 14.6 Å². The van der Waals surface area contributed by atoms with Crippen LogP contribution in [0.3, 0.4) is 0 Å². The van der Waals surface area contributed by atoms with Crippen LogP contribution in [0.2, 0.25) is 0 Å². The molecule has 0 aliphatic carbocycles. The van der Waals surface area contributed by atoms with Crippen molar-refractivity contribution >= 4 is 17.3 Å². The number of para-hydroxylation sites is 2. The first-order chi connectivity index (χ1) is 13.3. The van der Waals surface area contributed by atoms with Gasteiger partial charge in [0.05, 0.1) is 24.5 Å². The SMILES string of the molecule is COc1ccccc1N1CCN([C@@H](C)C(=O)c2[nH]c(C)c(C(C)=O)c2C)CC1. The molecule has 3 rings (SSSR count). The largest absolute Gasteiger partial charge is 0.495 e. The van der Waals surface area contributed by atoms with Crippen molar-refractivity contribution in [1.82, 2.24) is 9.88 Å². The molecule has 0 spiro atoms. The molecule has 150 valence electrons. The Balaban J connectivity index is 1.70. The van der Waals surface area contributed by atoms with Crippen molar-refractivity contribution in [2.24, 2.45) is 0 Å². The summed E-state index contributed by atoms with van der Waals surface area (Å²) in [4.78, 5) is 32.6. The third-order valence-electron chi connectivity index (χ3n) is 5.70. The van der Waals surface area contributed by atoms with Crippen LogP contribution in [0.25, 0.3) is 0 Å². The summed E-state index contributed by atoms with van der Waals surface area (Å²) in [5, 5.41) is 0. The van der Waals surface area contributed by atoms with E-state index in [-0.39, 0.29) is 17.6 Å². The average Bonchev–Trinajstić information content (AvgIpc) is 3.01. The molecule has 1 fully saturated rings. The Morgan fingerprint density at radius 1 is 1.11 bits per heavy atom. The summed E-state index contributed by atoms with van der Waals surface area (Å²) in [6.45, 7) is 10.4. The molecule has 0 radical (unpaired) electrons. The molecule has 1 aromatic heterocycles. The maximum Gasteiger partial charge on any atom is 0.196 e. The van der Waals surface area contributed by atoms with Gasteiger partial charge in [0, 0.05) is 37.4 Å². The minimum Gasteiger partial charge on any atom is -0.495 e. The standard InChI is InChI=1S/C22H29N3O3/c1-14-20(17(4)26)15(2)23-21(14)22(27)16(3)24-10-12-25(13-11-24)18-8-6-7-9-19(18)28-5/h6-9,16,23H,10-13H2,1-5H3/t16-/m0/s1. The van der Waals surface area contributed by atoms with Crippen LogP contribution in [0, 0.1) is 13.8 Å². The summed E-state index contributed by atoms with van der Waals surface area (Å²) < 4.78 is 5.47. The van der Waals surface area contributed by atoms with E-state index in [2.05, 4.69) is 20.9 Å². The fourth-order valence-corrected chi connectivity index (χ4v) is 4.14. The topological polar surface area (TPSA) is 65.6 Å². The first-order valence-corrected chi connectivity index (χ1v) is 9.71. The molecule has 1 aromatic carbocycles. The van der Waals surface area contributed by atoms with Crippen LogP contribution in [0.5, 0.6) is 5.75 Å². The molecule has 2 aromatic rings. The second kappa shape index (κ2) is 8.19. The molecule has 1 N–H and O–H groups in total. The van der Waals surface area contributed by atoms with E-state index in [1.54, 1.807) is 7.11 Å². The zero-order valence-electron chi connectivity index (χ0n) is 17.3. The van der Waals surface area contributed by atoms with Gasteiger partial charge >= 0.3 is 0 Å². The molecule has 0 saturated carbocycles. The van der Waals surface area contributed by atoms with Crippen molar-refractivity contribution in [2.75, 3.05) is 38.2 Å². The van der Waals surface area contributed by atoms with Gasteiger partial charge in [-0.3, -0.25) is 14.5 Å². The highest BCUT2D eigenvalue weighted by molar-refractivity contribution is 6.05. The first-order valence-electron chi connectivity index (χ1n) is 9.71. The number of carbonyl (C=O) groups is 2. The maximum atomic E-state index is 13.1. The van der Waals surface area contributed by atoms with E-state index in [9.17, 15) is 9.59 Å². The van der Waals surface area contributed by atoms with Gasteiger partial charge in [-0.05, 0) is 45.4 Å². The second-order valence-electron chi connectivity index (χ2n) is 7.42. The zero-order chi connectivity index (χ0) is 20.4. The van der Waals surface area contributed by atoms with Crippen molar-refractivity contribution in [2.45, 2.75) is 33.7 Å². The normalized spacial score (nSPS) is 16.1. The summed E-state index contributed by atoms with van der Waals surface area (Å²) in [6, 6.07) is 7.78. The molecule has 6 heteroatoms. The number of benzene rings is 1. The zero-order valence-corrected chi connectivity index (χ0v) is 17.3. The quantitative estimate of drug-likeness (QED) is 0.776. The summed E-state index contributed by atoms with van der Waals surface area (Å²) in [5.74, 6) is 0.900. The number of aromatic nitrogens is 1. The Labute approximate surface area is 166 Å². The number of ether oxygens (including phenoxy) is 1. The minimum absolute atomic E-state index is 0.0108. The lowest BCUT2D eigenvalue weighted by molar-refractivity contribution is 0.0824. The van der Waals surface area contributed by atoms with Crippen LogP contribution in [-0.4, -0.2) is 60.8 Å². The van der Waals surface area contributed by atoms with E-state index in [4.69, 9.17) is 4.74 Å². The van der Waals surface area contributed by atoms with Crippen LogP contribution in [0.15, 0.2) is 24.3 Å². The summed E-state index contributed by atoms with van der Waals surface area (Å²) in [6.07, 6.45) is 0. The Morgan fingerprint density at radius 3 is 2.32 bits per heavy atom. The highest BCUT2D eigenvalue weighted by Gasteiger charge is 2.30. The summed E-state index contributed by atoms with van der Waals surface area (Å²) in [7, 11) is 1.69. The lowest BCUT2D eigenvalue weighted by Gasteiger charge is -2.38. The maximum absolute atomic E-state index is 13.1. The molecule has 2 heterocycles. The lowest BCUT2D eigenvalue weighted by atomic mass is 10.0. The number of H-pyrrole nitrogens is 1. The van der Waals surface area contributed by atoms with E-state index in [0.29, 0.717) is 11.3 Å². The number of aryl methyl sites for hydroxylation is 1. The number of Topliss-reactive ketones (excluding diaryl/α,β-unsaturated/α-hetero) is 2. The average molecular weight is 383 g/mol.